The fourth-order valence-electron chi connectivity index (χ4n) is 3.20. The van der Waals surface area contributed by atoms with Crippen molar-refractivity contribution in [3.63, 3.8) is 0 Å². The Kier molecular flexibility index (Phi) is 5.99. The SMILES string of the molecule is Cc1ccc(NC(=O)C2CCCN(c3c(Cl)cncc3Cl)CC2)cc1F. The minimum absolute atomic E-state index is 0.0815. The van der Waals surface area contributed by atoms with Gasteiger partial charge in [-0.3, -0.25) is 9.78 Å². The highest BCUT2D eigenvalue weighted by atomic mass is 35.5. The molecule has 1 unspecified atom stereocenters. The zero-order valence-corrected chi connectivity index (χ0v) is 15.9. The summed E-state index contributed by atoms with van der Waals surface area (Å²) in [5, 5.41) is 3.84. The lowest BCUT2D eigenvalue weighted by atomic mass is 9.99. The van der Waals surface area contributed by atoms with E-state index in [1.807, 2.05) is 0 Å². The van der Waals surface area contributed by atoms with Crippen molar-refractivity contribution in [3.8, 4) is 0 Å². The van der Waals surface area contributed by atoms with Crippen LogP contribution in [0, 0.1) is 18.7 Å². The maximum Gasteiger partial charge on any atom is 0.227 e. The summed E-state index contributed by atoms with van der Waals surface area (Å²) in [6, 6.07) is 4.73. The molecule has 1 atom stereocenters. The second kappa shape index (κ2) is 8.23. The van der Waals surface area contributed by atoms with Crippen LogP contribution in [0.4, 0.5) is 15.8 Å². The quantitative estimate of drug-likeness (QED) is 0.787. The second-order valence-corrected chi connectivity index (χ2v) is 7.33. The molecule has 1 aromatic heterocycles. The van der Waals surface area contributed by atoms with Gasteiger partial charge in [0.1, 0.15) is 5.82 Å². The third kappa shape index (κ3) is 4.27. The van der Waals surface area contributed by atoms with Gasteiger partial charge in [0, 0.05) is 37.1 Å². The summed E-state index contributed by atoms with van der Waals surface area (Å²) in [4.78, 5) is 18.7. The number of halogens is 3. The van der Waals surface area contributed by atoms with Crippen LogP contribution >= 0.6 is 23.2 Å². The van der Waals surface area contributed by atoms with Crippen LogP contribution in [0.5, 0.6) is 0 Å². The number of hydrogen-bond acceptors (Lipinski definition) is 3. The van der Waals surface area contributed by atoms with Gasteiger partial charge < -0.3 is 10.2 Å². The molecule has 0 radical (unpaired) electrons. The van der Waals surface area contributed by atoms with E-state index in [4.69, 9.17) is 23.2 Å². The lowest BCUT2D eigenvalue weighted by Gasteiger charge is -2.24. The lowest BCUT2D eigenvalue weighted by Crippen LogP contribution is -2.27. The van der Waals surface area contributed by atoms with E-state index in [1.165, 1.54) is 6.07 Å². The summed E-state index contributed by atoms with van der Waals surface area (Å²) < 4.78 is 13.7. The van der Waals surface area contributed by atoms with E-state index in [1.54, 1.807) is 31.5 Å². The number of anilines is 2. The molecule has 1 aliphatic heterocycles. The topological polar surface area (TPSA) is 45.2 Å². The zero-order valence-electron chi connectivity index (χ0n) is 14.4. The van der Waals surface area contributed by atoms with E-state index >= 15 is 0 Å². The number of hydrogen-bond donors (Lipinski definition) is 1. The van der Waals surface area contributed by atoms with Crippen LogP contribution in [0.3, 0.4) is 0 Å². The smallest absolute Gasteiger partial charge is 0.227 e. The first-order chi connectivity index (χ1) is 12.5. The van der Waals surface area contributed by atoms with Gasteiger partial charge in [-0.1, -0.05) is 29.3 Å². The van der Waals surface area contributed by atoms with E-state index in [2.05, 4.69) is 15.2 Å². The van der Waals surface area contributed by atoms with Gasteiger partial charge >= 0.3 is 0 Å². The molecule has 3 rings (SSSR count). The molecule has 1 N–H and O–H groups in total. The van der Waals surface area contributed by atoms with Gasteiger partial charge in [0.2, 0.25) is 5.91 Å². The van der Waals surface area contributed by atoms with Gasteiger partial charge in [-0.15, -0.1) is 0 Å². The number of aryl methyl sites for hydroxylation is 1. The highest BCUT2D eigenvalue weighted by Crippen LogP contribution is 2.34. The van der Waals surface area contributed by atoms with Crippen LogP contribution in [0.15, 0.2) is 30.6 Å². The largest absolute Gasteiger partial charge is 0.369 e. The summed E-state index contributed by atoms with van der Waals surface area (Å²) >= 11 is 12.5. The molecule has 1 fully saturated rings. The fourth-order valence-corrected chi connectivity index (χ4v) is 3.81. The summed E-state index contributed by atoms with van der Waals surface area (Å²) in [7, 11) is 0. The lowest BCUT2D eigenvalue weighted by molar-refractivity contribution is -0.120. The van der Waals surface area contributed by atoms with Crippen LogP contribution in [0.25, 0.3) is 0 Å². The molecule has 1 aliphatic rings. The van der Waals surface area contributed by atoms with Gasteiger partial charge in [0.15, 0.2) is 0 Å². The highest BCUT2D eigenvalue weighted by Gasteiger charge is 2.25. The summed E-state index contributed by atoms with van der Waals surface area (Å²) in [6.07, 6.45) is 5.43. The van der Waals surface area contributed by atoms with E-state index in [0.29, 0.717) is 34.3 Å². The number of benzene rings is 1. The van der Waals surface area contributed by atoms with Gasteiger partial charge in [0.25, 0.3) is 0 Å². The molecule has 1 aromatic carbocycles. The maximum absolute atomic E-state index is 13.7. The molecular weight excluding hydrogens is 376 g/mol. The Morgan fingerprint density at radius 1 is 1.23 bits per heavy atom. The molecule has 0 aliphatic carbocycles. The number of amides is 1. The van der Waals surface area contributed by atoms with Gasteiger partial charge in [-0.2, -0.15) is 0 Å². The predicted octanol–water partition coefficient (Wildman–Crippen LogP) is 5.08. The van der Waals surface area contributed by atoms with E-state index in [0.717, 1.165) is 25.1 Å². The summed E-state index contributed by atoms with van der Waals surface area (Å²) in [5.74, 6) is -0.539. The normalized spacial score (nSPS) is 17.7. The Morgan fingerprint density at radius 3 is 2.65 bits per heavy atom. The van der Waals surface area contributed by atoms with Crippen LogP contribution in [0.2, 0.25) is 10.0 Å². The Hall–Kier alpha value is -1.85. The number of carbonyl (C=O) groups is 1. The molecule has 0 spiro atoms. The maximum atomic E-state index is 13.7. The number of carbonyl (C=O) groups excluding carboxylic acids is 1. The third-order valence-corrected chi connectivity index (χ3v) is 5.24. The molecule has 1 saturated heterocycles. The first-order valence-corrected chi connectivity index (χ1v) is 9.32. The third-order valence-electron chi connectivity index (χ3n) is 4.68. The number of nitrogens with zero attached hydrogens (tertiary/aromatic N) is 2. The van der Waals surface area contributed by atoms with Crippen molar-refractivity contribution in [2.24, 2.45) is 5.92 Å². The molecule has 26 heavy (non-hydrogen) atoms. The number of nitrogens with one attached hydrogen (secondary N) is 1. The number of aromatic nitrogens is 1. The van der Waals surface area contributed by atoms with Crippen molar-refractivity contribution in [1.29, 1.82) is 0 Å². The molecule has 0 saturated carbocycles. The Bertz CT molecular complexity index is 795. The number of rotatable bonds is 3. The van der Waals surface area contributed by atoms with Crippen molar-refractivity contribution in [1.82, 2.24) is 4.98 Å². The van der Waals surface area contributed by atoms with Crippen LogP contribution < -0.4 is 10.2 Å². The first-order valence-electron chi connectivity index (χ1n) is 8.56. The zero-order chi connectivity index (χ0) is 18.7. The van der Waals surface area contributed by atoms with Crippen LogP contribution in [0.1, 0.15) is 24.8 Å². The Balaban J connectivity index is 1.66. The Labute approximate surface area is 162 Å². The van der Waals surface area contributed by atoms with Crippen molar-refractivity contribution in [2.45, 2.75) is 26.2 Å². The van der Waals surface area contributed by atoms with Gasteiger partial charge in [-0.05, 0) is 43.9 Å². The van der Waals surface area contributed by atoms with Crippen molar-refractivity contribution in [2.75, 3.05) is 23.3 Å². The van der Waals surface area contributed by atoms with Crippen LogP contribution in [-0.2, 0) is 4.79 Å². The van der Waals surface area contributed by atoms with Crippen molar-refractivity contribution in [3.05, 3.63) is 52.0 Å². The molecular formula is C19H20Cl2FN3O. The van der Waals surface area contributed by atoms with Crippen molar-refractivity contribution >= 4 is 40.5 Å². The monoisotopic (exact) mass is 395 g/mol. The summed E-state index contributed by atoms with van der Waals surface area (Å²) in [6.45, 7) is 3.13. The minimum Gasteiger partial charge on any atom is -0.369 e. The van der Waals surface area contributed by atoms with Gasteiger partial charge in [-0.25, -0.2) is 4.39 Å². The molecule has 4 nitrogen and oxygen atoms in total. The van der Waals surface area contributed by atoms with Crippen molar-refractivity contribution < 1.29 is 9.18 Å². The molecule has 2 heterocycles. The Morgan fingerprint density at radius 2 is 1.96 bits per heavy atom. The fraction of sp³-hybridized carbons (Fsp3) is 0.368. The average Bonchev–Trinajstić information content (AvgIpc) is 2.84. The van der Waals surface area contributed by atoms with Crippen LogP contribution in [-0.4, -0.2) is 24.0 Å². The molecule has 1 amide bonds. The van der Waals surface area contributed by atoms with E-state index < -0.39 is 0 Å². The molecule has 0 bridgehead atoms. The van der Waals surface area contributed by atoms with E-state index in [9.17, 15) is 9.18 Å². The first kappa shape index (κ1) is 18.9. The minimum atomic E-state index is -0.322. The van der Waals surface area contributed by atoms with E-state index in [-0.39, 0.29) is 17.6 Å². The predicted molar refractivity (Wildman–Crippen MR) is 104 cm³/mol. The highest BCUT2D eigenvalue weighted by molar-refractivity contribution is 6.38. The average molecular weight is 396 g/mol. The second-order valence-electron chi connectivity index (χ2n) is 6.52. The van der Waals surface area contributed by atoms with Gasteiger partial charge in [0.05, 0.1) is 15.7 Å². The standard InChI is InChI=1S/C19H20Cl2FN3O/c1-12-4-5-14(9-17(12)22)24-19(26)13-3-2-7-25(8-6-13)18-15(20)10-23-11-16(18)21/h4-5,9-11,13H,2-3,6-8H2,1H3,(H,24,26). The summed E-state index contributed by atoms with van der Waals surface area (Å²) in [5.41, 5.74) is 1.81. The molecule has 7 heteroatoms. The molecule has 2 aromatic rings. The molecule has 138 valence electrons. The number of pyridine rings is 1.